The molecule has 3 nitrogen and oxygen atoms in total. The second-order valence-corrected chi connectivity index (χ2v) is 7.29. The minimum Gasteiger partial charge on any atom is -0.277 e. The van der Waals surface area contributed by atoms with Gasteiger partial charge in [0.25, 0.3) is 0 Å². The van der Waals surface area contributed by atoms with Crippen LogP contribution in [0.2, 0.25) is 0 Å². The molecule has 3 rings (SSSR count). The van der Waals surface area contributed by atoms with E-state index in [2.05, 4.69) is 6.07 Å². The minimum atomic E-state index is -0.422. The number of imide groups is 1. The SMILES string of the molecule is Cc1cccc(C2(C)[C@@H]3C(=O)N(C(C)(C)C)C(=O)[C@@H]32)c1. The summed E-state index contributed by atoms with van der Waals surface area (Å²) in [5, 5.41) is 0. The van der Waals surface area contributed by atoms with E-state index in [4.69, 9.17) is 0 Å². The number of carbonyl (C=O) groups excluding carboxylic acids is 2. The summed E-state index contributed by atoms with van der Waals surface area (Å²) in [5.41, 5.74) is 1.56. The van der Waals surface area contributed by atoms with Gasteiger partial charge in [-0.25, -0.2) is 0 Å². The molecule has 1 heterocycles. The van der Waals surface area contributed by atoms with Crippen LogP contribution in [0.25, 0.3) is 0 Å². The van der Waals surface area contributed by atoms with Gasteiger partial charge in [-0.1, -0.05) is 36.8 Å². The molecule has 1 unspecified atom stereocenters. The van der Waals surface area contributed by atoms with Crippen molar-refractivity contribution in [3.05, 3.63) is 35.4 Å². The Labute approximate surface area is 120 Å². The van der Waals surface area contributed by atoms with Crippen LogP contribution in [-0.4, -0.2) is 22.3 Å². The fourth-order valence-electron chi connectivity index (χ4n) is 3.70. The number of likely N-dealkylation sites (tertiary alicyclic amines) is 1. The Balaban J connectivity index is 1.97. The van der Waals surface area contributed by atoms with Gasteiger partial charge in [0.15, 0.2) is 0 Å². The molecule has 1 aromatic rings. The Hall–Kier alpha value is -1.64. The molecule has 1 saturated carbocycles. The number of hydrogen-bond donors (Lipinski definition) is 0. The Kier molecular flexibility index (Phi) is 2.48. The van der Waals surface area contributed by atoms with E-state index in [0.29, 0.717) is 0 Å². The number of benzene rings is 1. The van der Waals surface area contributed by atoms with Crippen molar-refractivity contribution in [2.45, 2.75) is 45.6 Å². The monoisotopic (exact) mass is 271 g/mol. The molecule has 0 spiro atoms. The lowest BCUT2D eigenvalue weighted by atomic mass is 9.90. The Morgan fingerprint density at radius 1 is 1.10 bits per heavy atom. The van der Waals surface area contributed by atoms with Crippen LogP contribution < -0.4 is 0 Å². The quantitative estimate of drug-likeness (QED) is 0.736. The summed E-state index contributed by atoms with van der Waals surface area (Å²) in [6, 6.07) is 8.17. The average molecular weight is 271 g/mol. The van der Waals surface area contributed by atoms with E-state index < -0.39 is 5.54 Å². The zero-order valence-corrected chi connectivity index (χ0v) is 12.7. The zero-order chi connectivity index (χ0) is 14.9. The third-order valence-electron chi connectivity index (χ3n) is 4.80. The average Bonchev–Trinajstić information content (AvgIpc) is 2.84. The van der Waals surface area contributed by atoms with Crippen molar-refractivity contribution in [2.75, 3.05) is 0 Å². The van der Waals surface area contributed by atoms with Gasteiger partial charge in [-0.05, 0) is 33.3 Å². The maximum atomic E-state index is 12.6. The number of fused-ring (bicyclic) bond motifs is 1. The van der Waals surface area contributed by atoms with Crippen molar-refractivity contribution in [2.24, 2.45) is 11.8 Å². The first-order valence-electron chi connectivity index (χ1n) is 7.14. The predicted octanol–water partition coefficient (Wildman–Crippen LogP) is 2.67. The summed E-state index contributed by atoms with van der Waals surface area (Å²) in [7, 11) is 0. The number of piperidine rings is 1. The van der Waals surface area contributed by atoms with Crippen LogP contribution in [-0.2, 0) is 15.0 Å². The van der Waals surface area contributed by atoms with Gasteiger partial charge in [0.1, 0.15) is 0 Å². The predicted molar refractivity (Wildman–Crippen MR) is 77.1 cm³/mol. The first kappa shape index (κ1) is 13.3. The normalized spacial score (nSPS) is 32.5. The summed E-state index contributed by atoms with van der Waals surface area (Å²) < 4.78 is 0. The summed E-state index contributed by atoms with van der Waals surface area (Å²) >= 11 is 0. The molecule has 20 heavy (non-hydrogen) atoms. The van der Waals surface area contributed by atoms with Gasteiger partial charge in [0, 0.05) is 11.0 Å². The van der Waals surface area contributed by atoms with E-state index in [-0.39, 0.29) is 29.1 Å². The van der Waals surface area contributed by atoms with Crippen LogP contribution in [0.15, 0.2) is 24.3 Å². The van der Waals surface area contributed by atoms with Crippen LogP contribution >= 0.6 is 0 Å². The molecule has 2 amide bonds. The smallest absolute Gasteiger partial charge is 0.234 e. The number of carbonyl (C=O) groups is 2. The van der Waals surface area contributed by atoms with E-state index >= 15 is 0 Å². The summed E-state index contributed by atoms with van der Waals surface area (Å²) in [6.45, 7) is 9.83. The molecule has 0 aromatic heterocycles. The van der Waals surface area contributed by atoms with Gasteiger partial charge >= 0.3 is 0 Å². The van der Waals surface area contributed by atoms with Crippen LogP contribution in [0.1, 0.15) is 38.8 Å². The molecular formula is C17H21NO2. The molecule has 0 N–H and O–H groups in total. The highest BCUT2D eigenvalue weighted by molar-refractivity contribution is 6.12. The first-order valence-corrected chi connectivity index (χ1v) is 7.14. The Morgan fingerprint density at radius 3 is 2.10 bits per heavy atom. The first-order chi connectivity index (χ1) is 9.19. The Morgan fingerprint density at radius 2 is 1.65 bits per heavy atom. The molecule has 0 radical (unpaired) electrons. The molecule has 1 aliphatic heterocycles. The number of hydrogen-bond acceptors (Lipinski definition) is 2. The molecular weight excluding hydrogens is 250 g/mol. The number of amides is 2. The van der Waals surface area contributed by atoms with Crippen LogP contribution in [0.4, 0.5) is 0 Å². The second-order valence-electron chi connectivity index (χ2n) is 7.29. The highest BCUT2D eigenvalue weighted by Crippen LogP contribution is 2.65. The maximum Gasteiger partial charge on any atom is 0.234 e. The Bertz CT molecular complexity index is 590. The molecule has 2 aliphatic rings. The lowest BCUT2D eigenvalue weighted by Gasteiger charge is -2.33. The van der Waals surface area contributed by atoms with Crippen molar-refractivity contribution in [1.29, 1.82) is 0 Å². The van der Waals surface area contributed by atoms with Crippen LogP contribution in [0.3, 0.4) is 0 Å². The zero-order valence-electron chi connectivity index (χ0n) is 12.7. The van der Waals surface area contributed by atoms with Crippen molar-refractivity contribution >= 4 is 11.8 Å². The van der Waals surface area contributed by atoms with Crippen LogP contribution in [0, 0.1) is 18.8 Å². The van der Waals surface area contributed by atoms with E-state index in [9.17, 15) is 9.59 Å². The van der Waals surface area contributed by atoms with Crippen LogP contribution in [0.5, 0.6) is 0 Å². The summed E-state index contributed by atoms with van der Waals surface area (Å²) in [6.07, 6.45) is 0. The summed E-state index contributed by atoms with van der Waals surface area (Å²) in [4.78, 5) is 26.6. The second kappa shape index (κ2) is 3.72. The molecule has 3 heteroatoms. The van der Waals surface area contributed by atoms with Crippen molar-refractivity contribution in [1.82, 2.24) is 4.90 Å². The van der Waals surface area contributed by atoms with Gasteiger partial charge in [-0.2, -0.15) is 0 Å². The molecule has 3 atom stereocenters. The van der Waals surface area contributed by atoms with Crippen molar-refractivity contribution in [3.8, 4) is 0 Å². The third kappa shape index (κ3) is 1.52. The van der Waals surface area contributed by atoms with Gasteiger partial charge < -0.3 is 0 Å². The van der Waals surface area contributed by atoms with E-state index in [1.54, 1.807) is 0 Å². The lowest BCUT2D eigenvalue weighted by molar-refractivity contribution is -0.147. The van der Waals surface area contributed by atoms with Gasteiger partial charge in [-0.3, -0.25) is 14.5 Å². The minimum absolute atomic E-state index is 0.00324. The fourth-order valence-corrected chi connectivity index (χ4v) is 3.70. The van der Waals surface area contributed by atoms with Gasteiger partial charge in [0.2, 0.25) is 11.8 Å². The highest BCUT2D eigenvalue weighted by atomic mass is 16.2. The van der Waals surface area contributed by atoms with E-state index in [1.165, 1.54) is 10.5 Å². The van der Waals surface area contributed by atoms with Gasteiger partial charge in [-0.15, -0.1) is 0 Å². The van der Waals surface area contributed by atoms with E-state index in [1.807, 2.05) is 52.8 Å². The molecule has 1 aromatic carbocycles. The molecule has 1 saturated heterocycles. The maximum absolute atomic E-state index is 12.6. The number of nitrogens with zero attached hydrogens (tertiary/aromatic N) is 1. The van der Waals surface area contributed by atoms with E-state index in [0.717, 1.165) is 5.56 Å². The standard InChI is InChI=1S/C17H21NO2/c1-10-7-6-8-11(9-10)17(5)12-13(17)15(20)18(14(12)19)16(2,3)4/h6-9,12-13H,1-5H3/t12-,13+,17?. The summed E-state index contributed by atoms with van der Waals surface area (Å²) in [5.74, 6) is -0.347. The largest absolute Gasteiger partial charge is 0.277 e. The molecule has 0 bridgehead atoms. The number of aryl methyl sites for hydroxylation is 1. The third-order valence-corrected chi connectivity index (χ3v) is 4.80. The highest BCUT2D eigenvalue weighted by Gasteiger charge is 2.76. The fraction of sp³-hybridized carbons (Fsp3) is 0.529. The van der Waals surface area contributed by atoms with Crippen molar-refractivity contribution < 1.29 is 9.59 Å². The molecule has 106 valence electrons. The van der Waals surface area contributed by atoms with Crippen molar-refractivity contribution in [3.63, 3.8) is 0 Å². The number of rotatable bonds is 1. The topological polar surface area (TPSA) is 37.4 Å². The molecule has 2 fully saturated rings. The lowest BCUT2D eigenvalue weighted by Crippen LogP contribution is -2.49. The molecule has 1 aliphatic carbocycles. The van der Waals surface area contributed by atoms with Gasteiger partial charge in [0.05, 0.1) is 11.8 Å².